The lowest BCUT2D eigenvalue weighted by atomic mass is 10.2. The molecular formula is C15H8Cl3N9. The fourth-order valence-electron chi connectivity index (χ4n) is 1.88. The van der Waals surface area contributed by atoms with Crippen molar-refractivity contribution in [1.29, 1.82) is 0 Å². The van der Waals surface area contributed by atoms with Crippen LogP contribution in [0, 0.1) is 0 Å². The van der Waals surface area contributed by atoms with E-state index in [9.17, 15) is 0 Å². The second-order valence-corrected chi connectivity index (χ2v) is 5.90. The van der Waals surface area contributed by atoms with Crippen LogP contribution in [-0.2, 0) is 0 Å². The number of benzene rings is 2. The van der Waals surface area contributed by atoms with Crippen molar-refractivity contribution in [3.8, 4) is 22.8 Å². The standard InChI is InChI=1S/C14H8Cl2N4.CClN5/c15-11-7-3-1-5-9(11)13-17-19-14(20-18-13)10-6-2-4-8-12(10)16;2-1-3-5-7-6-4-1/h1-8H;. The van der Waals surface area contributed by atoms with Crippen LogP contribution in [-0.4, -0.2) is 46.2 Å². The number of aromatic nitrogens is 9. The van der Waals surface area contributed by atoms with Crippen LogP contribution >= 0.6 is 34.8 Å². The van der Waals surface area contributed by atoms with Crippen molar-refractivity contribution in [2.24, 2.45) is 0 Å². The third-order valence-corrected chi connectivity index (χ3v) is 3.85. The molecule has 2 aromatic carbocycles. The molecule has 0 N–H and O–H groups in total. The zero-order chi connectivity index (χ0) is 19.1. The summed E-state index contributed by atoms with van der Waals surface area (Å²) in [5.41, 5.74) is 1.39. The molecule has 0 spiro atoms. The molecule has 0 saturated heterocycles. The highest BCUT2D eigenvalue weighted by molar-refractivity contribution is 6.33. The normalized spacial score (nSPS) is 10.0. The summed E-state index contributed by atoms with van der Waals surface area (Å²) in [6, 6.07) is 14.5. The van der Waals surface area contributed by atoms with Crippen molar-refractivity contribution >= 4 is 34.8 Å². The molecule has 2 aromatic heterocycles. The second-order valence-electron chi connectivity index (χ2n) is 4.74. The van der Waals surface area contributed by atoms with Gasteiger partial charge in [0.25, 0.3) is 5.28 Å². The topological polar surface area (TPSA) is 116 Å². The number of nitrogens with zero attached hydrogens (tertiary/aromatic N) is 9. The summed E-state index contributed by atoms with van der Waals surface area (Å²) in [5.74, 6) is 0.762. The first-order chi connectivity index (χ1) is 13.1. The summed E-state index contributed by atoms with van der Waals surface area (Å²) < 4.78 is 0. The van der Waals surface area contributed by atoms with Crippen LogP contribution in [0.1, 0.15) is 0 Å². The molecular weight excluding hydrogens is 413 g/mol. The Labute approximate surface area is 167 Å². The molecule has 0 bridgehead atoms. The molecule has 12 heteroatoms. The van der Waals surface area contributed by atoms with E-state index in [2.05, 4.69) is 46.2 Å². The molecule has 27 heavy (non-hydrogen) atoms. The Bertz CT molecular complexity index is 952. The van der Waals surface area contributed by atoms with Crippen molar-refractivity contribution in [2.45, 2.75) is 0 Å². The van der Waals surface area contributed by atoms with Crippen molar-refractivity contribution in [2.75, 3.05) is 0 Å². The van der Waals surface area contributed by atoms with Gasteiger partial charge in [-0.15, -0.1) is 20.4 Å². The number of hydrogen-bond acceptors (Lipinski definition) is 9. The molecule has 2 heterocycles. The van der Waals surface area contributed by atoms with Gasteiger partial charge < -0.3 is 0 Å². The highest BCUT2D eigenvalue weighted by Crippen LogP contribution is 2.26. The summed E-state index contributed by atoms with van der Waals surface area (Å²) in [7, 11) is 0. The quantitative estimate of drug-likeness (QED) is 0.481. The van der Waals surface area contributed by atoms with Crippen molar-refractivity contribution in [1.82, 2.24) is 46.2 Å². The smallest absolute Gasteiger partial charge is 0.126 e. The fourth-order valence-corrected chi connectivity index (χ4v) is 2.39. The van der Waals surface area contributed by atoms with Gasteiger partial charge in [0.2, 0.25) is 11.6 Å². The SMILES string of the molecule is Clc1ccccc1-c1nnc(-c2ccccc2Cl)nn1.Clc1nnnnn1. The van der Waals surface area contributed by atoms with Gasteiger partial charge in [0, 0.05) is 11.1 Å². The molecule has 0 aliphatic heterocycles. The van der Waals surface area contributed by atoms with Crippen LogP contribution in [0.2, 0.25) is 15.3 Å². The van der Waals surface area contributed by atoms with E-state index in [-0.39, 0.29) is 5.28 Å². The van der Waals surface area contributed by atoms with Crippen LogP contribution in [0.4, 0.5) is 0 Å². The minimum absolute atomic E-state index is 0.00926. The van der Waals surface area contributed by atoms with E-state index in [1.54, 1.807) is 12.1 Å². The van der Waals surface area contributed by atoms with E-state index >= 15 is 0 Å². The number of halogens is 3. The maximum Gasteiger partial charge on any atom is 0.266 e. The minimum atomic E-state index is 0.00926. The van der Waals surface area contributed by atoms with Crippen LogP contribution in [0.25, 0.3) is 22.8 Å². The Morgan fingerprint density at radius 2 is 0.889 bits per heavy atom. The molecule has 0 unspecified atom stereocenters. The molecule has 0 fully saturated rings. The van der Waals surface area contributed by atoms with Gasteiger partial charge in [-0.3, -0.25) is 0 Å². The predicted molar refractivity (Wildman–Crippen MR) is 98.9 cm³/mol. The molecule has 4 rings (SSSR count). The lowest BCUT2D eigenvalue weighted by Crippen LogP contribution is -1.99. The molecule has 0 amide bonds. The highest BCUT2D eigenvalue weighted by atomic mass is 35.5. The van der Waals surface area contributed by atoms with Gasteiger partial charge in [-0.25, -0.2) is 0 Å². The summed E-state index contributed by atoms with van der Waals surface area (Å²) in [6.45, 7) is 0. The monoisotopic (exact) mass is 419 g/mol. The van der Waals surface area contributed by atoms with E-state index in [0.29, 0.717) is 32.8 Å². The Morgan fingerprint density at radius 3 is 1.22 bits per heavy atom. The van der Waals surface area contributed by atoms with Gasteiger partial charge in [0.05, 0.1) is 10.0 Å². The van der Waals surface area contributed by atoms with Gasteiger partial charge in [0.1, 0.15) is 0 Å². The van der Waals surface area contributed by atoms with Crippen LogP contribution in [0.5, 0.6) is 0 Å². The first-order valence-corrected chi connectivity index (χ1v) is 8.40. The molecule has 0 saturated carbocycles. The Hall–Kier alpha value is -2.88. The maximum absolute atomic E-state index is 6.08. The van der Waals surface area contributed by atoms with E-state index in [1.807, 2.05) is 36.4 Å². The van der Waals surface area contributed by atoms with Crippen LogP contribution in [0.3, 0.4) is 0 Å². The first kappa shape index (κ1) is 18.9. The number of rotatable bonds is 2. The molecule has 134 valence electrons. The van der Waals surface area contributed by atoms with E-state index in [4.69, 9.17) is 34.8 Å². The molecule has 0 aliphatic rings. The van der Waals surface area contributed by atoms with E-state index in [0.717, 1.165) is 0 Å². The third kappa shape index (κ3) is 5.07. The van der Waals surface area contributed by atoms with Gasteiger partial charge in [-0.2, -0.15) is 0 Å². The zero-order valence-electron chi connectivity index (χ0n) is 13.3. The predicted octanol–water partition coefficient (Wildman–Crippen LogP) is 3.22. The average molecular weight is 421 g/mol. The summed E-state index contributed by atoms with van der Waals surface area (Å²) in [4.78, 5) is 0. The maximum atomic E-state index is 6.08. The minimum Gasteiger partial charge on any atom is -0.126 e. The average Bonchev–Trinajstić information content (AvgIpc) is 2.70. The van der Waals surface area contributed by atoms with Gasteiger partial charge >= 0.3 is 0 Å². The summed E-state index contributed by atoms with van der Waals surface area (Å²) in [5, 5.41) is 33.0. The Morgan fingerprint density at radius 1 is 0.481 bits per heavy atom. The van der Waals surface area contributed by atoms with E-state index in [1.165, 1.54) is 0 Å². The summed E-state index contributed by atoms with van der Waals surface area (Å²) >= 11 is 17.3. The molecule has 0 radical (unpaired) electrons. The number of hydrogen-bond donors (Lipinski definition) is 0. The van der Waals surface area contributed by atoms with Crippen molar-refractivity contribution < 1.29 is 0 Å². The van der Waals surface area contributed by atoms with Gasteiger partial charge in [0.15, 0.2) is 0 Å². The van der Waals surface area contributed by atoms with Crippen molar-refractivity contribution in [3.05, 3.63) is 63.9 Å². The van der Waals surface area contributed by atoms with Crippen LogP contribution < -0.4 is 0 Å². The molecule has 9 nitrogen and oxygen atoms in total. The second kappa shape index (κ2) is 9.17. The van der Waals surface area contributed by atoms with Gasteiger partial charge in [-0.05, 0) is 51.5 Å². The van der Waals surface area contributed by atoms with E-state index < -0.39 is 0 Å². The molecule has 4 aromatic rings. The van der Waals surface area contributed by atoms with Gasteiger partial charge in [-0.1, -0.05) is 57.7 Å². The molecule has 0 atom stereocenters. The first-order valence-electron chi connectivity index (χ1n) is 7.26. The van der Waals surface area contributed by atoms with Crippen molar-refractivity contribution in [3.63, 3.8) is 0 Å². The zero-order valence-corrected chi connectivity index (χ0v) is 15.5. The van der Waals surface area contributed by atoms with Crippen LogP contribution in [0.15, 0.2) is 48.5 Å². The third-order valence-electron chi connectivity index (χ3n) is 3.04. The fraction of sp³-hybridized carbons (Fsp3) is 0. The molecule has 0 aliphatic carbocycles. The lowest BCUT2D eigenvalue weighted by Gasteiger charge is -2.03. The largest absolute Gasteiger partial charge is 0.266 e. The lowest BCUT2D eigenvalue weighted by molar-refractivity contribution is 0.679. The Balaban J connectivity index is 0.000000253. The summed E-state index contributed by atoms with van der Waals surface area (Å²) in [6.07, 6.45) is 0. The highest BCUT2D eigenvalue weighted by Gasteiger charge is 2.10. The Kier molecular flexibility index (Phi) is 6.42.